The molecule has 5 rings (SSSR count). The van der Waals surface area contributed by atoms with E-state index >= 15 is 0 Å². The minimum absolute atomic E-state index is 0.0636. The van der Waals surface area contributed by atoms with Crippen molar-refractivity contribution in [3.63, 3.8) is 0 Å². The van der Waals surface area contributed by atoms with Gasteiger partial charge in [0.25, 0.3) is 0 Å². The number of amides is 1. The van der Waals surface area contributed by atoms with Crippen LogP contribution in [-0.2, 0) is 27.7 Å². The fourth-order valence-electron chi connectivity index (χ4n) is 4.37. The Kier molecular flexibility index (Phi) is 6.92. The van der Waals surface area contributed by atoms with Crippen LogP contribution in [0.1, 0.15) is 17.5 Å². The van der Waals surface area contributed by atoms with E-state index in [0.717, 1.165) is 22.6 Å². The van der Waals surface area contributed by atoms with Gasteiger partial charge in [0.2, 0.25) is 5.91 Å². The van der Waals surface area contributed by atoms with E-state index in [9.17, 15) is 13.2 Å². The van der Waals surface area contributed by atoms with Crippen LogP contribution < -0.4 is 9.64 Å². The Morgan fingerprint density at radius 3 is 2.26 bits per heavy atom. The third-order valence-corrected chi connectivity index (χ3v) is 9.33. The van der Waals surface area contributed by atoms with Crippen molar-refractivity contribution < 1.29 is 17.9 Å². The average molecular weight is 507 g/mol. The highest BCUT2D eigenvalue weighted by atomic mass is 32.2. The maximum atomic E-state index is 12.7. The molecule has 0 N–H and O–H groups in total. The third-order valence-electron chi connectivity index (χ3n) is 6.12. The first-order valence-corrected chi connectivity index (χ1v) is 14.3. The van der Waals surface area contributed by atoms with Crippen molar-refractivity contribution in [1.82, 2.24) is 0 Å². The molecular formula is C27H26N2O4S2. The highest BCUT2D eigenvalue weighted by molar-refractivity contribution is 8.16. The number of carbonyl (C=O) groups is 1. The molecule has 3 aromatic rings. The topological polar surface area (TPSA) is 76.0 Å². The molecule has 2 saturated heterocycles. The Balaban J connectivity index is 1.32. The zero-order chi connectivity index (χ0) is 24.3. The summed E-state index contributed by atoms with van der Waals surface area (Å²) in [7, 11) is -3.12. The Labute approximate surface area is 209 Å². The van der Waals surface area contributed by atoms with Gasteiger partial charge in [0.1, 0.15) is 12.4 Å². The summed E-state index contributed by atoms with van der Waals surface area (Å²) in [5.41, 5.74) is 2.98. The molecule has 0 radical (unpaired) electrons. The maximum absolute atomic E-state index is 12.7. The third kappa shape index (κ3) is 5.77. The quantitative estimate of drug-likeness (QED) is 0.470. The van der Waals surface area contributed by atoms with Crippen molar-refractivity contribution in [2.75, 3.05) is 16.4 Å². The normalized spacial score (nSPS) is 21.7. The second-order valence-corrected chi connectivity index (χ2v) is 12.1. The number of amidine groups is 1. The highest BCUT2D eigenvalue weighted by Crippen LogP contribution is 2.41. The summed E-state index contributed by atoms with van der Waals surface area (Å²) in [5.74, 6) is 0.687. The van der Waals surface area contributed by atoms with Crippen molar-refractivity contribution >= 4 is 38.4 Å². The second-order valence-electron chi connectivity index (χ2n) is 8.71. The van der Waals surface area contributed by atoms with Crippen molar-refractivity contribution in [2.45, 2.75) is 30.7 Å². The van der Waals surface area contributed by atoms with Crippen LogP contribution in [0.15, 0.2) is 89.9 Å². The molecule has 2 heterocycles. The fourth-order valence-corrected chi connectivity index (χ4v) is 8.30. The summed E-state index contributed by atoms with van der Waals surface area (Å²) >= 11 is 1.39. The molecule has 2 fully saturated rings. The van der Waals surface area contributed by atoms with Crippen LogP contribution in [0, 0.1) is 0 Å². The summed E-state index contributed by atoms with van der Waals surface area (Å²) < 4.78 is 30.5. The lowest BCUT2D eigenvalue weighted by atomic mass is 10.1. The number of rotatable bonds is 7. The number of thioether (sulfide) groups is 1. The number of anilines is 1. The Morgan fingerprint density at radius 2 is 1.57 bits per heavy atom. The number of hydrogen-bond acceptors (Lipinski definition) is 5. The lowest BCUT2D eigenvalue weighted by molar-refractivity contribution is -0.117. The van der Waals surface area contributed by atoms with E-state index in [0.29, 0.717) is 24.6 Å². The number of ether oxygens (including phenoxy) is 1. The number of hydrogen-bond donors (Lipinski definition) is 0. The Hall–Kier alpha value is -3.10. The standard InChI is InChI=1S/C27H26N2O4S2/c30-26(16-11-20-7-3-1-4-8-20)28-27-29(24-18-35(31,32)19-25(24)34-27)22-12-14-23(15-13-22)33-17-21-9-5-2-6-10-21/h1-10,12-15,24-25H,11,16-19H2/t24-,25-/m1/s1. The summed E-state index contributed by atoms with van der Waals surface area (Å²) in [4.78, 5) is 19.0. The van der Waals surface area contributed by atoms with Gasteiger partial charge in [-0.3, -0.25) is 4.79 Å². The van der Waals surface area contributed by atoms with Gasteiger partial charge in [-0.2, -0.15) is 4.99 Å². The number of aliphatic imine (C=N–C) groups is 1. The van der Waals surface area contributed by atoms with Crippen molar-refractivity contribution in [3.8, 4) is 5.75 Å². The van der Waals surface area contributed by atoms with E-state index in [1.54, 1.807) is 0 Å². The smallest absolute Gasteiger partial charge is 0.248 e. The number of benzene rings is 3. The lowest BCUT2D eigenvalue weighted by Crippen LogP contribution is -2.37. The molecule has 35 heavy (non-hydrogen) atoms. The lowest BCUT2D eigenvalue weighted by Gasteiger charge is -2.24. The number of fused-ring (bicyclic) bond motifs is 1. The van der Waals surface area contributed by atoms with Crippen molar-refractivity contribution in [1.29, 1.82) is 0 Å². The molecule has 2 atom stereocenters. The Bertz CT molecular complexity index is 1310. The highest BCUT2D eigenvalue weighted by Gasteiger charge is 2.49. The van der Waals surface area contributed by atoms with Crippen LogP contribution in [0.4, 0.5) is 5.69 Å². The van der Waals surface area contributed by atoms with Gasteiger partial charge in [0.15, 0.2) is 15.0 Å². The summed E-state index contributed by atoms with van der Waals surface area (Å²) in [5, 5.41) is 0.445. The molecule has 2 aliphatic rings. The van der Waals surface area contributed by atoms with Gasteiger partial charge >= 0.3 is 0 Å². The summed E-state index contributed by atoms with van der Waals surface area (Å²) in [6.45, 7) is 0.464. The van der Waals surface area contributed by atoms with Gasteiger partial charge in [0, 0.05) is 17.4 Å². The van der Waals surface area contributed by atoms with Gasteiger partial charge in [0.05, 0.1) is 17.5 Å². The first-order valence-electron chi connectivity index (χ1n) is 11.6. The van der Waals surface area contributed by atoms with Gasteiger partial charge in [-0.1, -0.05) is 72.4 Å². The fraction of sp³-hybridized carbons (Fsp3) is 0.259. The van der Waals surface area contributed by atoms with Crippen molar-refractivity contribution in [2.24, 2.45) is 4.99 Å². The predicted molar refractivity (Wildman–Crippen MR) is 141 cm³/mol. The molecule has 0 saturated carbocycles. The molecule has 3 aromatic carbocycles. The van der Waals surface area contributed by atoms with Crippen molar-refractivity contribution in [3.05, 3.63) is 96.1 Å². The average Bonchev–Trinajstić information content (AvgIpc) is 3.33. The maximum Gasteiger partial charge on any atom is 0.248 e. The minimum atomic E-state index is -3.12. The molecule has 0 bridgehead atoms. The minimum Gasteiger partial charge on any atom is -0.489 e. The number of sulfone groups is 1. The molecule has 0 aliphatic carbocycles. The van der Waals surface area contributed by atoms with E-state index in [4.69, 9.17) is 4.74 Å². The first kappa shape index (κ1) is 23.6. The molecule has 0 aromatic heterocycles. The van der Waals surface area contributed by atoms with Crippen LogP contribution in [0.25, 0.3) is 0 Å². The zero-order valence-corrected chi connectivity index (χ0v) is 20.8. The predicted octanol–water partition coefficient (Wildman–Crippen LogP) is 4.50. The molecule has 180 valence electrons. The first-order chi connectivity index (χ1) is 17.0. The van der Waals surface area contributed by atoms with E-state index in [2.05, 4.69) is 4.99 Å². The molecular weight excluding hydrogens is 480 g/mol. The van der Waals surface area contributed by atoms with Gasteiger partial charge in [-0.25, -0.2) is 8.42 Å². The van der Waals surface area contributed by atoms with E-state index < -0.39 is 9.84 Å². The van der Waals surface area contributed by atoms with Crippen LogP contribution >= 0.6 is 11.8 Å². The molecule has 8 heteroatoms. The molecule has 6 nitrogen and oxygen atoms in total. The van der Waals surface area contributed by atoms with Crippen LogP contribution in [0.2, 0.25) is 0 Å². The van der Waals surface area contributed by atoms with Crippen LogP contribution in [0.3, 0.4) is 0 Å². The summed E-state index contributed by atoms with van der Waals surface area (Å²) in [6.07, 6.45) is 0.928. The van der Waals surface area contributed by atoms with Crippen LogP contribution in [-0.4, -0.2) is 42.3 Å². The number of aryl methyl sites for hydroxylation is 1. The van der Waals surface area contributed by atoms with Crippen LogP contribution in [0.5, 0.6) is 5.75 Å². The summed E-state index contributed by atoms with van der Waals surface area (Å²) in [6, 6.07) is 27.1. The second kappa shape index (κ2) is 10.3. The van der Waals surface area contributed by atoms with Gasteiger partial charge in [-0.05, 0) is 41.8 Å². The molecule has 0 spiro atoms. The largest absolute Gasteiger partial charge is 0.489 e. The molecule has 2 aliphatic heterocycles. The molecule has 1 amide bonds. The monoisotopic (exact) mass is 506 g/mol. The zero-order valence-electron chi connectivity index (χ0n) is 19.1. The molecule has 0 unspecified atom stereocenters. The van der Waals surface area contributed by atoms with Gasteiger partial charge in [-0.15, -0.1) is 0 Å². The van der Waals surface area contributed by atoms with E-state index in [1.165, 1.54) is 11.8 Å². The SMILES string of the molecule is O=C(CCc1ccccc1)N=C1S[C@@H]2CS(=O)(=O)C[C@H]2N1c1ccc(OCc2ccccc2)cc1. The van der Waals surface area contributed by atoms with Gasteiger partial charge < -0.3 is 9.64 Å². The number of nitrogens with zero attached hydrogens (tertiary/aromatic N) is 2. The van der Waals surface area contributed by atoms with E-state index in [-0.39, 0.29) is 28.7 Å². The van der Waals surface area contributed by atoms with E-state index in [1.807, 2.05) is 89.8 Å². The Morgan fingerprint density at radius 1 is 0.914 bits per heavy atom. The number of carbonyl (C=O) groups excluding carboxylic acids is 1.